The normalized spacial score (nSPS) is 19.6. The number of amides is 1. The summed E-state index contributed by atoms with van der Waals surface area (Å²) in [6.07, 6.45) is 3.34. The lowest BCUT2D eigenvalue weighted by Crippen LogP contribution is -2.29. The number of carbonyl (C=O) groups is 1. The minimum absolute atomic E-state index is 0. The predicted octanol–water partition coefficient (Wildman–Crippen LogP) is 1.69. The molecule has 1 atom stereocenters. The van der Waals surface area contributed by atoms with Gasteiger partial charge < -0.3 is 10.2 Å². The van der Waals surface area contributed by atoms with E-state index in [1.54, 1.807) is 24.0 Å². The molecule has 3 rings (SSSR count). The Labute approximate surface area is 155 Å². The third-order valence-corrected chi connectivity index (χ3v) is 6.37. The van der Waals surface area contributed by atoms with E-state index in [-0.39, 0.29) is 23.2 Å². The Morgan fingerprint density at radius 2 is 2.20 bits per heavy atom. The van der Waals surface area contributed by atoms with Crippen LogP contribution in [0.5, 0.6) is 0 Å². The lowest BCUT2D eigenvalue weighted by molar-refractivity contribution is -0.118. The molecule has 1 unspecified atom stereocenters. The number of fused-ring (bicyclic) bond motifs is 1. The van der Waals surface area contributed by atoms with Gasteiger partial charge in [0.05, 0.1) is 4.90 Å². The molecule has 0 saturated carbocycles. The quantitative estimate of drug-likeness (QED) is 0.778. The summed E-state index contributed by atoms with van der Waals surface area (Å²) in [6.45, 7) is 4.77. The monoisotopic (exact) mass is 387 g/mol. The molecule has 8 heteroatoms. The van der Waals surface area contributed by atoms with E-state index < -0.39 is 10.0 Å². The summed E-state index contributed by atoms with van der Waals surface area (Å²) in [5.74, 6) is 0.676. The maximum atomic E-state index is 12.6. The number of sulfonamides is 1. The van der Waals surface area contributed by atoms with Crippen LogP contribution in [0.4, 0.5) is 5.69 Å². The Bertz CT molecular complexity index is 718. The van der Waals surface area contributed by atoms with E-state index in [4.69, 9.17) is 0 Å². The van der Waals surface area contributed by atoms with Gasteiger partial charge in [-0.05, 0) is 56.0 Å². The summed E-state index contributed by atoms with van der Waals surface area (Å²) in [4.78, 5) is 14.6. The van der Waals surface area contributed by atoms with Gasteiger partial charge in [0, 0.05) is 25.2 Å². The Balaban J connectivity index is 0.00000225. The largest absolute Gasteiger partial charge is 0.316 e. The van der Waals surface area contributed by atoms with Crippen molar-refractivity contribution in [3.05, 3.63) is 23.8 Å². The molecule has 140 valence electrons. The number of nitrogens with one attached hydrogen (secondary N) is 2. The third kappa shape index (κ3) is 4.53. The van der Waals surface area contributed by atoms with Crippen LogP contribution in [-0.4, -0.2) is 40.5 Å². The van der Waals surface area contributed by atoms with Crippen molar-refractivity contribution in [2.75, 3.05) is 31.1 Å². The van der Waals surface area contributed by atoms with E-state index >= 15 is 0 Å². The smallest absolute Gasteiger partial charge is 0.240 e. The average molecular weight is 388 g/mol. The molecule has 1 aromatic rings. The molecule has 0 aliphatic carbocycles. The highest BCUT2D eigenvalue weighted by Crippen LogP contribution is 2.31. The van der Waals surface area contributed by atoms with Crippen molar-refractivity contribution in [1.82, 2.24) is 10.0 Å². The fourth-order valence-corrected chi connectivity index (χ4v) is 4.54. The van der Waals surface area contributed by atoms with Gasteiger partial charge in [0.25, 0.3) is 0 Å². The second-order valence-corrected chi connectivity index (χ2v) is 8.25. The van der Waals surface area contributed by atoms with Gasteiger partial charge in [-0.15, -0.1) is 12.4 Å². The fraction of sp³-hybridized carbons (Fsp3) is 0.588. The van der Waals surface area contributed by atoms with E-state index in [0.717, 1.165) is 43.6 Å². The first-order valence-electron chi connectivity index (χ1n) is 8.65. The summed E-state index contributed by atoms with van der Waals surface area (Å²) in [5, 5.41) is 3.32. The van der Waals surface area contributed by atoms with Crippen LogP contribution in [0.2, 0.25) is 0 Å². The van der Waals surface area contributed by atoms with Crippen molar-refractivity contribution in [3.8, 4) is 0 Å². The van der Waals surface area contributed by atoms with Crippen LogP contribution in [-0.2, 0) is 21.2 Å². The van der Waals surface area contributed by atoms with Crippen molar-refractivity contribution < 1.29 is 13.2 Å². The molecule has 0 bridgehead atoms. The van der Waals surface area contributed by atoms with Crippen molar-refractivity contribution in [3.63, 3.8) is 0 Å². The van der Waals surface area contributed by atoms with Gasteiger partial charge in [-0.3, -0.25) is 4.79 Å². The highest BCUT2D eigenvalue weighted by molar-refractivity contribution is 7.89. The molecule has 6 nitrogen and oxygen atoms in total. The van der Waals surface area contributed by atoms with Crippen LogP contribution in [0.25, 0.3) is 0 Å². The van der Waals surface area contributed by atoms with Crippen LogP contribution in [0.15, 0.2) is 23.1 Å². The molecular weight excluding hydrogens is 362 g/mol. The Kier molecular flexibility index (Phi) is 6.85. The zero-order valence-corrected chi connectivity index (χ0v) is 16.1. The van der Waals surface area contributed by atoms with Crippen LogP contribution < -0.4 is 14.9 Å². The van der Waals surface area contributed by atoms with Crippen molar-refractivity contribution >= 4 is 34.0 Å². The van der Waals surface area contributed by atoms with E-state index in [9.17, 15) is 13.2 Å². The topological polar surface area (TPSA) is 78.5 Å². The van der Waals surface area contributed by atoms with E-state index in [2.05, 4.69) is 10.0 Å². The standard InChI is InChI=1S/C17H25N3O3S.ClH/c1-2-19-24(22,23)15-5-4-14-8-10-20(16(14)11-15)17(21)6-3-13-7-9-18-12-13;/h4-5,11,13,18-19H,2-3,6-10,12H2,1H3;1H. The van der Waals surface area contributed by atoms with Crippen molar-refractivity contribution in [2.24, 2.45) is 5.92 Å². The van der Waals surface area contributed by atoms with Gasteiger partial charge in [-0.1, -0.05) is 13.0 Å². The molecule has 0 spiro atoms. The van der Waals surface area contributed by atoms with Gasteiger partial charge >= 0.3 is 0 Å². The SMILES string of the molecule is CCNS(=O)(=O)c1ccc2c(c1)N(C(=O)CCC1CCNC1)CC2.Cl. The Hall–Kier alpha value is -1.15. The van der Waals surface area contributed by atoms with Crippen molar-refractivity contribution in [1.29, 1.82) is 0 Å². The van der Waals surface area contributed by atoms with Crippen LogP contribution in [0.1, 0.15) is 31.7 Å². The molecule has 1 fully saturated rings. The maximum Gasteiger partial charge on any atom is 0.240 e. The van der Waals surface area contributed by atoms with Crippen LogP contribution >= 0.6 is 12.4 Å². The first-order chi connectivity index (χ1) is 11.5. The van der Waals surface area contributed by atoms with E-state index in [1.807, 2.05) is 6.07 Å². The lowest BCUT2D eigenvalue weighted by Gasteiger charge is -2.19. The first kappa shape index (κ1) is 20.2. The fourth-order valence-electron chi connectivity index (χ4n) is 3.48. The highest BCUT2D eigenvalue weighted by atomic mass is 35.5. The Morgan fingerprint density at radius 3 is 2.88 bits per heavy atom. The Morgan fingerprint density at radius 1 is 1.40 bits per heavy atom. The summed E-state index contributed by atoms with van der Waals surface area (Å²) < 4.78 is 26.9. The first-order valence-corrected chi connectivity index (χ1v) is 10.1. The number of hydrogen-bond acceptors (Lipinski definition) is 4. The molecule has 0 aromatic heterocycles. The molecule has 1 saturated heterocycles. The number of rotatable bonds is 6. The zero-order chi connectivity index (χ0) is 17.2. The number of halogens is 1. The highest BCUT2D eigenvalue weighted by Gasteiger charge is 2.27. The van der Waals surface area contributed by atoms with E-state index in [0.29, 0.717) is 25.4 Å². The summed E-state index contributed by atoms with van der Waals surface area (Å²) >= 11 is 0. The van der Waals surface area contributed by atoms with Crippen LogP contribution in [0.3, 0.4) is 0 Å². The zero-order valence-electron chi connectivity index (χ0n) is 14.5. The molecule has 2 N–H and O–H groups in total. The summed E-state index contributed by atoms with van der Waals surface area (Å²) in [7, 11) is -3.50. The van der Waals surface area contributed by atoms with Crippen LogP contribution in [0, 0.1) is 5.92 Å². The second-order valence-electron chi connectivity index (χ2n) is 6.48. The number of carbonyl (C=O) groups excluding carboxylic acids is 1. The number of anilines is 1. The van der Waals surface area contributed by atoms with Gasteiger partial charge in [-0.2, -0.15) is 0 Å². The minimum atomic E-state index is -3.50. The molecule has 2 heterocycles. The number of nitrogens with zero attached hydrogens (tertiary/aromatic N) is 1. The molecule has 2 aliphatic heterocycles. The molecular formula is C17H26ClN3O3S. The number of hydrogen-bond donors (Lipinski definition) is 2. The van der Waals surface area contributed by atoms with E-state index in [1.165, 1.54) is 0 Å². The van der Waals surface area contributed by atoms with Gasteiger partial charge in [-0.25, -0.2) is 13.1 Å². The molecule has 1 amide bonds. The molecule has 2 aliphatic rings. The number of benzene rings is 1. The van der Waals surface area contributed by atoms with Gasteiger partial charge in [0.15, 0.2) is 0 Å². The van der Waals surface area contributed by atoms with Crippen molar-refractivity contribution in [2.45, 2.75) is 37.5 Å². The molecule has 1 aromatic carbocycles. The average Bonchev–Trinajstić information content (AvgIpc) is 3.21. The predicted molar refractivity (Wildman–Crippen MR) is 101 cm³/mol. The maximum absolute atomic E-state index is 12.6. The summed E-state index contributed by atoms with van der Waals surface area (Å²) in [6, 6.07) is 5.08. The minimum Gasteiger partial charge on any atom is -0.316 e. The third-order valence-electron chi connectivity index (χ3n) is 4.83. The lowest BCUT2D eigenvalue weighted by atomic mass is 10.0. The molecule has 25 heavy (non-hydrogen) atoms. The van der Waals surface area contributed by atoms with Gasteiger partial charge in [0.2, 0.25) is 15.9 Å². The molecule has 0 radical (unpaired) electrons. The summed E-state index contributed by atoms with van der Waals surface area (Å²) in [5.41, 5.74) is 1.80. The second kappa shape index (κ2) is 8.49. The van der Waals surface area contributed by atoms with Gasteiger partial charge in [0.1, 0.15) is 0 Å².